The third-order valence-electron chi connectivity index (χ3n) is 3.30. The molecule has 0 bridgehead atoms. The van der Waals surface area contributed by atoms with E-state index in [0.717, 1.165) is 28.8 Å². The van der Waals surface area contributed by atoms with Crippen molar-refractivity contribution in [3.8, 4) is 0 Å². The third-order valence-corrected chi connectivity index (χ3v) is 4.60. The zero-order valence-electron chi connectivity index (χ0n) is 11.6. The zero-order valence-corrected chi connectivity index (χ0v) is 12.4. The lowest BCUT2D eigenvalue weighted by Gasteiger charge is -2.26. The van der Waals surface area contributed by atoms with Gasteiger partial charge >= 0.3 is 0 Å². The lowest BCUT2D eigenvalue weighted by molar-refractivity contribution is 0.102. The number of carbonyl (C=O) groups excluding carboxylic acids is 1. The number of aromatic nitrogens is 1. The van der Waals surface area contributed by atoms with Gasteiger partial charge in [-0.3, -0.25) is 4.79 Å². The molecule has 2 heterocycles. The van der Waals surface area contributed by atoms with Crippen LogP contribution in [-0.4, -0.2) is 48.9 Å². The van der Waals surface area contributed by atoms with E-state index in [1.165, 1.54) is 12.8 Å². The first-order chi connectivity index (χ1) is 8.49. The molecule has 1 aromatic rings. The van der Waals surface area contributed by atoms with E-state index >= 15 is 0 Å². The fraction of sp³-hybridized carbons (Fsp3) is 0.692. The molecule has 1 fully saturated rings. The third kappa shape index (κ3) is 2.72. The molecule has 100 valence electrons. The fourth-order valence-corrected chi connectivity index (χ4v) is 3.59. The zero-order chi connectivity index (χ0) is 13.3. The number of hydrogen-bond acceptors (Lipinski definition) is 5. The van der Waals surface area contributed by atoms with Gasteiger partial charge in [0, 0.05) is 26.1 Å². The average Bonchev–Trinajstić information content (AvgIpc) is 2.83. The Hall–Kier alpha value is -0.940. The minimum atomic E-state index is 0.125. The number of anilines is 1. The van der Waals surface area contributed by atoms with Crippen molar-refractivity contribution in [2.24, 2.45) is 0 Å². The molecule has 0 radical (unpaired) electrons. The molecule has 0 aromatic carbocycles. The molecule has 1 unspecified atom stereocenters. The predicted octanol–water partition coefficient (Wildman–Crippen LogP) is 2.18. The number of ketones is 1. The van der Waals surface area contributed by atoms with Crippen molar-refractivity contribution in [3.05, 3.63) is 10.6 Å². The van der Waals surface area contributed by atoms with E-state index in [2.05, 4.69) is 28.9 Å². The Kier molecular flexibility index (Phi) is 4.02. The summed E-state index contributed by atoms with van der Waals surface area (Å²) >= 11 is 1.54. The van der Waals surface area contributed by atoms with E-state index in [9.17, 15) is 4.79 Å². The average molecular weight is 267 g/mol. The number of carbonyl (C=O) groups is 1. The van der Waals surface area contributed by atoms with E-state index in [1.54, 1.807) is 18.3 Å². The van der Waals surface area contributed by atoms with E-state index in [1.807, 2.05) is 6.92 Å². The summed E-state index contributed by atoms with van der Waals surface area (Å²) in [7, 11) is 4.20. The minimum absolute atomic E-state index is 0.125. The van der Waals surface area contributed by atoms with Gasteiger partial charge in [0.05, 0.1) is 10.6 Å². The maximum Gasteiger partial charge on any atom is 0.186 e. The summed E-state index contributed by atoms with van der Waals surface area (Å²) in [5, 5.41) is 1.02. The summed E-state index contributed by atoms with van der Waals surface area (Å²) in [6.07, 6.45) is 2.43. The van der Waals surface area contributed by atoms with Crippen LogP contribution in [0.5, 0.6) is 0 Å². The van der Waals surface area contributed by atoms with E-state index in [-0.39, 0.29) is 5.78 Å². The summed E-state index contributed by atoms with van der Waals surface area (Å²) < 4.78 is 0. The molecule has 1 aliphatic heterocycles. The Morgan fingerprint density at radius 2 is 2.28 bits per heavy atom. The SMILES string of the molecule is CC(=O)c1sc(N2CCCC2CN(C)C)nc1C. The first kappa shape index (κ1) is 13.5. The molecular formula is C13H21N3OS. The second-order valence-corrected chi connectivity index (χ2v) is 6.20. The highest BCUT2D eigenvalue weighted by atomic mass is 32.1. The van der Waals surface area contributed by atoms with Crippen molar-refractivity contribution in [1.82, 2.24) is 9.88 Å². The molecule has 1 saturated heterocycles. The predicted molar refractivity (Wildman–Crippen MR) is 75.8 cm³/mol. The summed E-state index contributed by atoms with van der Waals surface area (Å²) in [5.74, 6) is 0.125. The normalized spacial score (nSPS) is 19.8. The molecule has 0 N–H and O–H groups in total. The molecule has 0 amide bonds. The van der Waals surface area contributed by atoms with Crippen molar-refractivity contribution >= 4 is 22.3 Å². The molecule has 5 heteroatoms. The highest BCUT2D eigenvalue weighted by Gasteiger charge is 2.28. The minimum Gasteiger partial charge on any atom is -0.344 e. The van der Waals surface area contributed by atoms with Gasteiger partial charge in [-0.15, -0.1) is 0 Å². The van der Waals surface area contributed by atoms with Crippen molar-refractivity contribution in [2.45, 2.75) is 32.7 Å². The van der Waals surface area contributed by atoms with Crippen LogP contribution in [0.2, 0.25) is 0 Å². The Bertz CT molecular complexity index is 441. The molecule has 1 aromatic heterocycles. The molecule has 1 atom stereocenters. The van der Waals surface area contributed by atoms with Crippen LogP contribution in [0.4, 0.5) is 5.13 Å². The molecule has 18 heavy (non-hydrogen) atoms. The second kappa shape index (κ2) is 5.36. The molecule has 0 spiro atoms. The number of nitrogens with zero attached hydrogens (tertiary/aromatic N) is 3. The highest BCUT2D eigenvalue weighted by molar-refractivity contribution is 7.17. The first-order valence-electron chi connectivity index (χ1n) is 6.38. The summed E-state index contributed by atoms with van der Waals surface area (Å²) in [4.78, 5) is 21.5. The van der Waals surface area contributed by atoms with Gasteiger partial charge in [-0.2, -0.15) is 0 Å². The van der Waals surface area contributed by atoms with Gasteiger partial charge in [-0.1, -0.05) is 11.3 Å². The van der Waals surface area contributed by atoms with Gasteiger partial charge in [-0.25, -0.2) is 4.98 Å². The maximum absolute atomic E-state index is 11.5. The first-order valence-corrected chi connectivity index (χ1v) is 7.20. The number of thiazole rings is 1. The number of rotatable bonds is 4. The molecule has 1 aliphatic rings. The van der Waals surface area contributed by atoms with E-state index < -0.39 is 0 Å². The van der Waals surface area contributed by atoms with Crippen LogP contribution in [-0.2, 0) is 0 Å². The number of likely N-dealkylation sites (N-methyl/N-ethyl adjacent to an activating group) is 1. The van der Waals surface area contributed by atoms with Crippen molar-refractivity contribution < 1.29 is 4.79 Å². The van der Waals surface area contributed by atoms with E-state index in [0.29, 0.717) is 6.04 Å². The maximum atomic E-state index is 11.5. The summed E-state index contributed by atoms with van der Waals surface area (Å²) in [6, 6.07) is 0.533. The van der Waals surface area contributed by atoms with Crippen LogP contribution in [0.25, 0.3) is 0 Å². The van der Waals surface area contributed by atoms with Crippen molar-refractivity contribution in [2.75, 3.05) is 32.1 Å². The van der Waals surface area contributed by atoms with Crippen LogP contribution >= 0.6 is 11.3 Å². The van der Waals surface area contributed by atoms with Crippen LogP contribution in [0, 0.1) is 6.92 Å². The molecule has 0 aliphatic carbocycles. The highest BCUT2D eigenvalue weighted by Crippen LogP contribution is 2.31. The van der Waals surface area contributed by atoms with Crippen LogP contribution in [0.15, 0.2) is 0 Å². The van der Waals surface area contributed by atoms with E-state index in [4.69, 9.17) is 0 Å². The Morgan fingerprint density at radius 3 is 2.83 bits per heavy atom. The lowest BCUT2D eigenvalue weighted by Crippen LogP contribution is -2.37. The van der Waals surface area contributed by atoms with Crippen molar-refractivity contribution in [3.63, 3.8) is 0 Å². The Balaban J connectivity index is 2.20. The molecule has 0 saturated carbocycles. The van der Waals surface area contributed by atoms with Crippen LogP contribution in [0.1, 0.15) is 35.1 Å². The monoisotopic (exact) mass is 267 g/mol. The molecule has 2 rings (SSSR count). The smallest absolute Gasteiger partial charge is 0.186 e. The Labute approximate surface area is 113 Å². The van der Waals surface area contributed by atoms with Gasteiger partial charge in [-0.05, 0) is 33.9 Å². The topological polar surface area (TPSA) is 36.4 Å². The van der Waals surface area contributed by atoms with Gasteiger partial charge in [0.1, 0.15) is 0 Å². The number of Topliss-reactive ketones (excluding diaryl/α,β-unsaturated/α-hetero) is 1. The second-order valence-electron chi connectivity index (χ2n) is 5.22. The lowest BCUT2D eigenvalue weighted by atomic mass is 10.2. The quantitative estimate of drug-likeness (QED) is 0.784. The van der Waals surface area contributed by atoms with Gasteiger partial charge in [0.25, 0.3) is 0 Å². The van der Waals surface area contributed by atoms with Crippen LogP contribution in [0.3, 0.4) is 0 Å². The standard InChI is InChI=1S/C13H21N3OS/c1-9-12(10(2)17)18-13(14-9)16-7-5-6-11(16)8-15(3)4/h11H,5-8H2,1-4H3. The largest absolute Gasteiger partial charge is 0.344 e. The van der Waals surface area contributed by atoms with Gasteiger partial charge in [0.2, 0.25) is 0 Å². The fourth-order valence-electron chi connectivity index (χ4n) is 2.53. The summed E-state index contributed by atoms with van der Waals surface area (Å²) in [6.45, 7) is 5.65. The van der Waals surface area contributed by atoms with Crippen LogP contribution < -0.4 is 4.90 Å². The van der Waals surface area contributed by atoms with Gasteiger partial charge < -0.3 is 9.80 Å². The molecule has 4 nitrogen and oxygen atoms in total. The number of aryl methyl sites for hydroxylation is 1. The van der Waals surface area contributed by atoms with Gasteiger partial charge in [0.15, 0.2) is 10.9 Å². The van der Waals surface area contributed by atoms with Crippen molar-refractivity contribution in [1.29, 1.82) is 0 Å². The molecular weight excluding hydrogens is 246 g/mol. The number of hydrogen-bond donors (Lipinski definition) is 0. The Morgan fingerprint density at radius 1 is 1.56 bits per heavy atom. The summed E-state index contributed by atoms with van der Waals surface area (Å²) in [5.41, 5.74) is 0.873.